The van der Waals surface area contributed by atoms with Crippen LogP contribution in [-0.2, 0) is 14.4 Å². The van der Waals surface area contributed by atoms with E-state index in [0.717, 1.165) is 12.8 Å². The maximum atomic E-state index is 12.6. The summed E-state index contributed by atoms with van der Waals surface area (Å²) in [6.45, 7) is 3.47. The van der Waals surface area contributed by atoms with E-state index < -0.39 is 0 Å². The van der Waals surface area contributed by atoms with Crippen molar-refractivity contribution in [3.63, 3.8) is 0 Å². The normalized spacial score (nSPS) is 29.3. The van der Waals surface area contributed by atoms with Crippen LogP contribution in [0.25, 0.3) is 0 Å². The molecule has 1 saturated heterocycles. The molecular formula is C18H27N5O3. The quantitative estimate of drug-likeness (QED) is 0.245. The number of hydrogen-bond acceptors (Lipinski definition) is 4. The molecule has 0 radical (unpaired) electrons. The molecule has 3 N–H and O–H groups in total. The van der Waals surface area contributed by atoms with Crippen molar-refractivity contribution in [2.45, 2.75) is 19.8 Å². The Bertz CT molecular complexity index is 615. The lowest BCUT2D eigenvalue weighted by molar-refractivity contribution is -0.140. The first-order chi connectivity index (χ1) is 12.6. The van der Waals surface area contributed by atoms with Crippen LogP contribution in [0.5, 0.6) is 0 Å². The first-order valence-electron chi connectivity index (χ1n) is 9.31. The summed E-state index contributed by atoms with van der Waals surface area (Å²) >= 11 is 0. The van der Waals surface area contributed by atoms with Crippen LogP contribution >= 0.6 is 0 Å². The monoisotopic (exact) mass is 361 g/mol. The van der Waals surface area contributed by atoms with Gasteiger partial charge < -0.3 is 16.0 Å². The number of likely N-dealkylation sites (tertiary alicyclic amines) is 1. The van der Waals surface area contributed by atoms with Gasteiger partial charge in [-0.1, -0.05) is 19.1 Å². The number of nitrogens with zero attached hydrogens (tertiary/aromatic N) is 2. The number of carbonyl (C=O) groups excluding carboxylic acids is 3. The van der Waals surface area contributed by atoms with Crippen molar-refractivity contribution in [1.29, 1.82) is 0 Å². The molecule has 2 aliphatic carbocycles. The lowest BCUT2D eigenvalue weighted by Gasteiger charge is -2.18. The van der Waals surface area contributed by atoms with Gasteiger partial charge >= 0.3 is 0 Å². The number of carbonyl (C=O) groups is 3. The molecule has 0 aromatic heterocycles. The van der Waals surface area contributed by atoms with E-state index in [9.17, 15) is 14.4 Å². The standard InChI is InChI=1S/C18H27N5O3/c1-3-6-20-13(24)10-22-18(19-2)21-7-8-23-16(25)14-11-4-5-12(9-11)15(14)17(23)26/h4-5,11-12,14-15H,3,6-10H2,1-2H3,(H,20,24)(H2,19,21,22). The van der Waals surface area contributed by atoms with Gasteiger partial charge in [-0.2, -0.15) is 0 Å². The zero-order valence-electron chi connectivity index (χ0n) is 15.3. The van der Waals surface area contributed by atoms with Crippen molar-refractivity contribution >= 4 is 23.7 Å². The molecule has 1 saturated carbocycles. The SMILES string of the molecule is CCCNC(=O)CNC(=NC)NCCN1C(=O)C2C3C=CC(C3)C2C1=O. The first kappa shape index (κ1) is 18.4. The number of allylic oxidation sites excluding steroid dienone is 2. The number of guanidine groups is 1. The fourth-order valence-corrected chi connectivity index (χ4v) is 4.18. The third-order valence-electron chi connectivity index (χ3n) is 5.40. The Morgan fingerprint density at radius 2 is 1.77 bits per heavy atom. The summed E-state index contributed by atoms with van der Waals surface area (Å²) in [6, 6.07) is 0. The first-order valence-corrected chi connectivity index (χ1v) is 9.31. The van der Waals surface area contributed by atoms with Gasteiger partial charge in [0, 0.05) is 26.7 Å². The van der Waals surface area contributed by atoms with Crippen molar-refractivity contribution in [2.24, 2.45) is 28.7 Å². The van der Waals surface area contributed by atoms with E-state index in [0.29, 0.717) is 25.6 Å². The van der Waals surface area contributed by atoms with Gasteiger partial charge in [-0.15, -0.1) is 0 Å². The highest BCUT2D eigenvalue weighted by Crippen LogP contribution is 2.52. The van der Waals surface area contributed by atoms with E-state index in [4.69, 9.17) is 0 Å². The van der Waals surface area contributed by atoms with Gasteiger partial charge in [0.2, 0.25) is 17.7 Å². The average molecular weight is 361 g/mol. The Morgan fingerprint density at radius 3 is 2.35 bits per heavy atom. The van der Waals surface area contributed by atoms with E-state index in [1.807, 2.05) is 6.92 Å². The molecule has 0 aromatic rings. The predicted octanol–water partition coefficient (Wildman–Crippen LogP) is -0.515. The fraction of sp³-hybridized carbons (Fsp3) is 0.667. The van der Waals surface area contributed by atoms with Gasteiger partial charge in [0.25, 0.3) is 0 Å². The Hall–Kier alpha value is -2.38. The minimum Gasteiger partial charge on any atom is -0.355 e. The van der Waals surface area contributed by atoms with Gasteiger partial charge in [0.05, 0.1) is 18.4 Å². The van der Waals surface area contributed by atoms with E-state index in [1.54, 1.807) is 7.05 Å². The Kier molecular flexibility index (Phi) is 5.58. The van der Waals surface area contributed by atoms with Crippen LogP contribution in [0, 0.1) is 23.7 Å². The highest BCUT2D eigenvalue weighted by Gasteiger charge is 2.58. The summed E-state index contributed by atoms with van der Waals surface area (Å²) in [4.78, 5) is 42.2. The zero-order chi connectivity index (χ0) is 18.7. The van der Waals surface area contributed by atoms with Gasteiger partial charge in [0.15, 0.2) is 5.96 Å². The van der Waals surface area contributed by atoms with Crippen LogP contribution in [0.3, 0.4) is 0 Å². The molecule has 8 heteroatoms. The van der Waals surface area contributed by atoms with Crippen LogP contribution in [0.2, 0.25) is 0 Å². The van der Waals surface area contributed by atoms with E-state index >= 15 is 0 Å². The third-order valence-corrected chi connectivity index (χ3v) is 5.40. The molecule has 26 heavy (non-hydrogen) atoms. The van der Waals surface area contributed by atoms with E-state index in [-0.39, 0.29) is 47.9 Å². The van der Waals surface area contributed by atoms with Crippen molar-refractivity contribution < 1.29 is 14.4 Å². The maximum Gasteiger partial charge on any atom is 0.239 e. The van der Waals surface area contributed by atoms with Crippen molar-refractivity contribution in [3.05, 3.63) is 12.2 Å². The Morgan fingerprint density at radius 1 is 1.12 bits per heavy atom. The van der Waals surface area contributed by atoms with Gasteiger partial charge in [-0.25, -0.2) is 0 Å². The van der Waals surface area contributed by atoms with Crippen molar-refractivity contribution in [2.75, 3.05) is 33.2 Å². The summed E-state index contributed by atoms with van der Waals surface area (Å²) in [7, 11) is 1.61. The second-order valence-corrected chi connectivity index (χ2v) is 7.03. The molecule has 0 aromatic carbocycles. The molecule has 4 atom stereocenters. The molecule has 3 aliphatic rings. The second-order valence-electron chi connectivity index (χ2n) is 7.03. The molecule has 1 aliphatic heterocycles. The number of fused-ring (bicyclic) bond motifs is 5. The number of amides is 3. The fourth-order valence-electron chi connectivity index (χ4n) is 4.18. The third kappa shape index (κ3) is 3.45. The van der Waals surface area contributed by atoms with Crippen molar-refractivity contribution in [1.82, 2.24) is 20.9 Å². The Balaban J connectivity index is 1.44. The predicted molar refractivity (Wildman–Crippen MR) is 97.1 cm³/mol. The van der Waals surface area contributed by atoms with Crippen LogP contribution in [0.4, 0.5) is 0 Å². The highest BCUT2D eigenvalue weighted by atomic mass is 16.2. The number of hydrogen-bond donors (Lipinski definition) is 3. The van der Waals surface area contributed by atoms with Crippen LogP contribution in [0.15, 0.2) is 17.1 Å². The number of aliphatic imine (C=N–C) groups is 1. The molecule has 3 rings (SSSR count). The summed E-state index contributed by atoms with van der Waals surface area (Å²) in [5, 5.41) is 8.74. The topological polar surface area (TPSA) is 103 Å². The summed E-state index contributed by atoms with van der Waals surface area (Å²) in [6.07, 6.45) is 6.01. The minimum absolute atomic E-state index is 0.0412. The van der Waals surface area contributed by atoms with Crippen LogP contribution < -0.4 is 16.0 Å². The molecule has 4 unspecified atom stereocenters. The molecule has 3 amide bonds. The molecule has 0 spiro atoms. The molecule has 2 fully saturated rings. The molecular weight excluding hydrogens is 334 g/mol. The van der Waals surface area contributed by atoms with Crippen LogP contribution in [-0.4, -0.2) is 61.8 Å². The number of imide groups is 1. The summed E-state index contributed by atoms with van der Waals surface area (Å²) in [5.74, 6) is 0.439. The summed E-state index contributed by atoms with van der Waals surface area (Å²) in [5.41, 5.74) is 0. The van der Waals surface area contributed by atoms with Gasteiger partial charge in [0.1, 0.15) is 0 Å². The summed E-state index contributed by atoms with van der Waals surface area (Å²) < 4.78 is 0. The average Bonchev–Trinajstić information content (AvgIpc) is 3.31. The largest absolute Gasteiger partial charge is 0.355 e. The smallest absolute Gasteiger partial charge is 0.239 e. The van der Waals surface area contributed by atoms with E-state index in [2.05, 4.69) is 33.1 Å². The Labute approximate surface area is 153 Å². The molecule has 2 bridgehead atoms. The van der Waals surface area contributed by atoms with Gasteiger partial charge in [-0.05, 0) is 24.7 Å². The van der Waals surface area contributed by atoms with Crippen LogP contribution in [0.1, 0.15) is 19.8 Å². The molecule has 8 nitrogen and oxygen atoms in total. The maximum absolute atomic E-state index is 12.6. The highest BCUT2D eigenvalue weighted by molar-refractivity contribution is 6.06. The molecule has 142 valence electrons. The molecule has 1 heterocycles. The van der Waals surface area contributed by atoms with E-state index in [1.165, 1.54) is 4.90 Å². The van der Waals surface area contributed by atoms with Crippen molar-refractivity contribution in [3.8, 4) is 0 Å². The second kappa shape index (κ2) is 7.88. The lowest BCUT2D eigenvalue weighted by atomic mass is 9.85. The number of rotatable bonds is 7. The minimum atomic E-state index is -0.155. The lowest BCUT2D eigenvalue weighted by Crippen LogP contribution is -2.46. The zero-order valence-corrected chi connectivity index (χ0v) is 15.3. The number of nitrogens with one attached hydrogen (secondary N) is 3. The van der Waals surface area contributed by atoms with Gasteiger partial charge in [-0.3, -0.25) is 24.3 Å².